The Labute approximate surface area is 153 Å². The minimum Gasteiger partial charge on any atom is -0.273 e. The lowest BCUT2D eigenvalue weighted by molar-refractivity contribution is -0.0242. The van der Waals surface area contributed by atoms with Crippen molar-refractivity contribution in [3.05, 3.63) is 0 Å². The van der Waals surface area contributed by atoms with Crippen molar-refractivity contribution < 1.29 is 29.8 Å². The van der Waals surface area contributed by atoms with Gasteiger partial charge in [-0.1, -0.05) is 6.92 Å². The first kappa shape index (κ1) is 19.1. The van der Waals surface area contributed by atoms with E-state index in [0.29, 0.717) is 19.1 Å². The molecule has 0 amide bonds. The average Bonchev–Trinajstić information content (AvgIpc) is 3.20. The maximum Gasteiger partial charge on any atom is 0.345 e. The molecule has 0 aliphatic heterocycles. The monoisotopic (exact) mass is 412 g/mol. The van der Waals surface area contributed by atoms with Crippen LogP contribution in [0.15, 0.2) is 0 Å². The van der Waals surface area contributed by atoms with Gasteiger partial charge in [-0.05, 0) is 66.6 Å². The molecule has 0 aromatic carbocycles. The number of hydrogen-bond donors (Lipinski definition) is 0. The van der Waals surface area contributed by atoms with Gasteiger partial charge in [0.25, 0.3) is 10.1 Å². The second-order valence-electron chi connectivity index (χ2n) is 9.29. The summed E-state index contributed by atoms with van der Waals surface area (Å²) in [7, 11) is -6.80. The molecule has 0 aromatic rings. The summed E-state index contributed by atoms with van der Waals surface area (Å²) >= 11 is 0. The Kier molecular flexibility index (Phi) is 3.96. The molecule has 4 saturated carbocycles. The van der Waals surface area contributed by atoms with Crippen molar-refractivity contribution in [2.24, 2.45) is 40.9 Å². The first-order valence-electron chi connectivity index (χ1n) is 9.17. The maximum absolute atomic E-state index is 14.3. The highest BCUT2D eigenvalue weighted by Gasteiger charge is 2.70. The molecule has 0 aromatic heterocycles. The summed E-state index contributed by atoms with van der Waals surface area (Å²) in [4.78, 5) is 0. The van der Waals surface area contributed by atoms with Crippen molar-refractivity contribution in [2.75, 3.05) is 13.4 Å². The van der Waals surface area contributed by atoms with Gasteiger partial charge in [-0.2, -0.15) is 17.2 Å². The van der Waals surface area contributed by atoms with E-state index in [1.54, 1.807) is 0 Å². The van der Waals surface area contributed by atoms with E-state index in [4.69, 9.17) is 4.18 Å². The topological polar surface area (TPSA) is 77.5 Å². The molecule has 4 rings (SSSR count). The minimum atomic E-state index is -4.44. The number of sulfone groups is 1. The highest BCUT2D eigenvalue weighted by atomic mass is 32.2. The van der Waals surface area contributed by atoms with Crippen LogP contribution >= 0.6 is 0 Å². The Morgan fingerprint density at radius 1 is 1.08 bits per heavy atom. The molecule has 0 radical (unpaired) electrons. The highest BCUT2D eigenvalue weighted by molar-refractivity contribution is 7.91. The molecular weight excluding hydrogens is 386 g/mol. The minimum absolute atomic E-state index is 0.0601. The largest absolute Gasteiger partial charge is 0.345 e. The fraction of sp³-hybridized carbons (Fsp3) is 1.00. The van der Waals surface area contributed by atoms with E-state index < -0.39 is 42.3 Å². The molecule has 4 fully saturated rings. The van der Waals surface area contributed by atoms with E-state index in [9.17, 15) is 25.6 Å². The zero-order chi connectivity index (χ0) is 19.3. The van der Waals surface area contributed by atoms with Crippen molar-refractivity contribution in [1.82, 2.24) is 0 Å². The molecular formula is C17H26F2O5S2. The third kappa shape index (κ3) is 2.45. The van der Waals surface area contributed by atoms with Gasteiger partial charge in [-0.15, -0.1) is 0 Å². The molecule has 0 saturated heterocycles. The zero-order valence-electron chi connectivity index (χ0n) is 15.2. The molecule has 26 heavy (non-hydrogen) atoms. The quantitative estimate of drug-likeness (QED) is 0.513. The van der Waals surface area contributed by atoms with Gasteiger partial charge in [0.2, 0.25) is 9.84 Å². The molecule has 4 aliphatic carbocycles. The molecule has 8 unspecified atom stereocenters. The van der Waals surface area contributed by atoms with Crippen LogP contribution in [0, 0.1) is 40.9 Å². The Bertz CT molecular complexity index is 824. The van der Waals surface area contributed by atoms with Crippen LogP contribution in [-0.4, -0.2) is 40.7 Å². The van der Waals surface area contributed by atoms with E-state index >= 15 is 0 Å². The van der Waals surface area contributed by atoms with Crippen LogP contribution in [0.4, 0.5) is 8.78 Å². The van der Waals surface area contributed by atoms with E-state index in [1.165, 1.54) is 7.11 Å². The maximum atomic E-state index is 14.3. The van der Waals surface area contributed by atoms with Gasteiger partial charge in [-0.3, -0.25) is 4.18 Å². The van der Waals surface area contributed by atoms with Crippen molar-refractivity contribution in [3.8, 4) is 0 Å². The van der Waals surface area contributed by atoms with E-state index in [0.717, 1.165) is 12.8 Å². The van der Waals surface area contributed by atoms with Gasteiger partial charge < -0.3 is 0 Å². The van der Waals surface area contributed by atoms with Gasteiger partial charge in [0.1, 0.15) is 0 Å². The van der Waals surface area contributed by atoms with Gasteiger partial charge in [-0.25, -0.2) is 8.42 Å². The van der Waals surface area contributed by atoms with Crippen molar-refractivity contribution in [1.29, 1.82) is 0 Å². The summed E-state index contributed by atoms with van der Waals surface area (Å²) in [5, 5.41) is -4.18. The predicted molar refractivity (Wildman–Crippen MR) is 91.6 cm³/mol. The van der Waals surface area contributed by atoms with Crippen LogP contribution in [0.3, 0.4) is 0 Å². The zero-order valence-corrected chi connectivity index (χ0v) is 16.8. The first-order chi connectivity index (χ1) is 11.8. The third-order valence-electron chi connectivity index (χ3n) is 8.02. The average molecular weight is 413 g/mol. The summed E-state index contributed by atoms with van der Waals surface area (Å²) in [6.45, 7) is 1.81. The first-order valence-corrected chi connectivity index (χ1v) is 12.5. The fourth-order valence-electron chi connectivity index (χ4n) is 7.27. The fourth-order valence-corrected chi connectivity index (χ4v) is 9.31. The molecule has 0 spiro atoms. The van der Waals surface area contributed by atoms with Crippen LogP contribution < -0.4 is 0 Å². The van der Waals surface area contributed by atoms with Crippen LogP contribution in [0.1, 0.15) is 39.0 Å². The highest BCUT2D eigenvalue weighted by Crippen LogP contribution is 2.73. The molecule has 150 valence electrons. The molecule has 9 heteroatoms. The molecule has 4 bridgehead atoms. The molecule has 4 aliphatic rings. The van der Waals surface area contributed by atoms with Gasteiger partial charge in [0, 0.05) is 12.7 Å². The van der Waals surface area contributed by atoms with Crippen molar-refractivity contribution in [2.45, 2.75) is 49.5 Å². The SMILES string of the molecule is COS(=O)(=O)C1CC2CC1C1C3CC(C21)C(C)(CC(F)(F)S(C)(=O)=O)C3. The molecule has 5 nitrogen and oxygen atoms in total. The summed E-state index contributed by atoms with van der Waals surface area (Å²) in [6, 6.07) is 0. The van der Waals surface area contributed by atoms with Crippen LogP contribution in [0.5, 0.6) is 0 Å². The Morgan fingerprint density at radius 3 is 2.31 bits per heavy atom. The summed E-state index contributed by atoms with van der Waals surface area (Å²) in [6.07, 6.45) is 2.73. The number of alkyl halides is 2. The smallest absolute Gasteiger partial charge is 0.273 e. The van der Waals surface area contributed by atoms with Gasteiger partial charge in [0.15, 0.2) is 0 Å². The Morgan fingerprint density at radius 2 is 1.73 bits per heavy atom. The summed E-state index contributed by atoms with van der Waals surface area (Å²) in [5.41, 5.74) is -0.696. The van der Waals surface area contributed by atoms with E-state index in [2.05, 4.69) is 0 Å². The van der Waals surface area contributed by atoms with Crippen molar-refractivity contribution >= 4 is 20.0 Å². The molecule has 0 N–H and O–H groups in total. The molecule has 0 heterocycles. The predicted octanol–water partition coefficient (Wildman–Crippen LogP) is 2.68. The number of fused-ring (bicyclic) bond motifs is 9. The van der Waals surface area contributed by atoms with Crippen molar-refractivity contribution in [3.63, 3.8) is 0 Å². The van der Waals surface area contributed by atoms with E-state index in [1.807, 2.05) is 6.92 Å². The standard InChI is InChI=1S/C17H26F2O5S2/c1-16(8-17(18,19)25(3,20)21)7-10-5-12(16)15-9-4-11(14(10)15)13(6-9)26(22,23)24-2/h9-15H,4-8H2,1-3H3. The third-order valence-corrected chi connectivity index (χ3v) is 11.0. The van der Waals surface area contributed by atoms with Gasteiger partial charge in [0.05, 0.1) is 12.4 Å². The second kappa shape index (κ2) is 5.41. The van der Waals surface area contributed by atoms with Gasteiger partial charge >= 0.3 is 5.25 Å². The Balaban J connectivity index is 1.59. The number of rotatable bonds is 5. The lowest BCUT2D eigenvalue weighted by Crippen LogP contribution is -2.46. The summed E-state index contributed by atoms with van der Waals surface area (Å²) in [5.74, 6) is 1.07. The normalized spacial score (nSPS) is 47.5. The van der Waals surface area contributed by atoms with E-state index in [-0.39, 0.29) is 35.5 Å². The van der Waals surface area contributed by atoms with Crippen LogP contribution in [0.2, 0.25) is 0 Å². The second-order valence-corrected chi connectivity index (χ2v) is 13.4. The number of halogens is 2. The lowest BCUT2D eigenvalue weighted by atomic mass is 9.60. The number of hydrogen-bond acceptors (Lipinski definition) is 5. The summed E-state index contributed by atoms with van der Waals surface area (Å²) < 4.78 is 80.7. The molecule has 8 atom stereocenters. The lowest BCUT2D eigenvalue weighted by Gasteiger charge is -2.46. The van der Waals surface area contributed by atoms with Crippen LogP contribution in [0.25, 0.3) is 0 Å². The Hall–Kier alpha value is -0.280. The van der Waals surface area contributed by atoms with Crippen LogP contribution in [-0.2, 0) is 24.1 Å².